The van der Waals surface area contributed by atoms with E-state index in [9.17, 15) is 9.90 Å². The molecule has 1 aromatic heterocycles. The standard InChI is InChI=1S/C18H13NO2/c20-12-13-4-6-14(7-5-13)17-2-1-3-18(19-17)15-8-10-16(21)11-9-15/h1-12,21H. The summed E-state index contributed by atoms with van der Waals surface area (Å²) in [6.45, 7) is 0. The first-order valence-electron chi connectivity index (χ1n) is 6.58. The van der Waals surface area contributed by atoms with Gasteiger partial charge in [-0.05, 0) is 36.4 Å². The Morgan fingerprint density at radius 2 is 1.29 bits per heavy atom. The highest BCUT2D eigenvalue weighted by Crippen LogP contribution is 2.24. The summed E-state index contributed by atoms with van der Waals surface area (Å²) < 4.78 is 0. The van der Waals surface area contributed by atoms with Crippen molar-refractivity contribution < 1.29 is 9.90 Å². The average Bonchev–Trinajstić information content (AvgIpc) is 2.56. The van der Waals surface area contributed by atoms with Crippen LogP contribution >= 0.6 is 0 Å². The van der Waals surface area contributed by atoms with E-state index in [4.69, 9.17) is 0 Å². The highest BCUT2D eigenvalue weighted by molar-refractivity contribution is 5.76. The number of hydrogen-bond acceptors (Lipinski definition) is 3. The van der Waals surface area contributed by atoms with Crippen molar-refractivity contribution in [3.8, 4) is 28.3 Å². The molecule has 0 spiro atoms. The summed E-state index contributed by atoms with van der Waals surface area (Å²) in [6, 6.07) is 20.1. The van der Waals surface area contributed by atoms with E-state index < -0.39 is 0 Å². The molecule has 0 saturated heterocycles. The molecule has 0 fully saturated rings. The van der Waals surface area contributed by atoms with Gasteiger partial charge in [-0.3, -0.25) is 4.79 Å². The summed E-state index contributed by atoms with van der Waals surface area (Å²) in [5.41, 5.74) is 4.24. The highest BCUT2D eigenvalue weighted by Gasteiger charge is 2.03. The van der Waals surface area contributed by atoms with Crippen LogP contribution in [-0.4, -0.2) is 16.4 Å². The maximum absolute atomic E-state index is 10.7. The Morgan fingerprint density at radius 1 is 0.762 bits per heavy atom. The molecule has 0 aliphatic rings. The molecule has 1 N–H and O–H groups in total. The third-order valence-electron chi connectivity index (χ3n) is 3.25. The van der Waals surface area contributed by atoms with Crippen LogP contribution in [0.25, 0.3) is 22.5 Å². The lowest BCUT2D eigenvalue weighted by atomic mass is 10.1. The monoisotopic (exact) mass is 275 g/mol. The van der Waals surface area contributed by atoms with E-state index >= 15 is 0 Å². The molecule has 0 aliphatic heterocycles. The summed E-state index contributed by atoms with van der Waals surface area (Å²) in [5.74, 6) is 0.236. The van der Waals surface area contributed by atoms with Gasteiger partial charge < -0.3 is 5.11 Å². The number of aldehydes is 1. The Labute approximate surface area is 122 Å². The molecule has 0 amide bonds. The second-order valence-corrected chi connectivity index (χ2v) is 4.69. The van der Waals surface area contributed by atoms with Crippen LogP contribution in [0, 0.1) is 0 Å². The lowest BCUT2D eigenvalue weighted by Crippen LogP contribution is -1.88. The summed E-state index contributed by atoms with van der Waals surface area (Å²) in [5, 5.41) is 9.34. The van der Waals surface area contributed by atoms with Crippen molar-refractivity contribution >= 4 is 6.29 Å². The van der Waals surface area contributed by atoms with Gasteiger partial charge in [0.1, 0.15) is 12.0 Å². The van der Waals surface area contributed by atoms with Crippen LogP contribution in [0.4, 0.5) is 0 Å². The van der Waals surface area contributed by atoms with Gasteiger partial charge in [0.2, 0.25) is 0 Å². The third-order valence-corrected chi connectivity index (χ3v) is 3.25. The number of pyridine rings is 1. The SMILES string of the molecule is O=Cc1ccc(-c2cccc(-c3ccc(O)cc3)n2)cc1. The van der Waals surface area contributed by atoms with E-state index in [1.807, 2.05) is 42.5 Å². The fourth-order valence-electron chi connectivity index (χ4n) is 2.12. The molecule has 3 nitrogen and oxygen atoms in total. The number of hydrogen-bond donors (Lipinski definition) is 1. The summed E-state index contributed by atoms with van der Waals surface area (Å²) in [6.07, 6.45) is 0.823. The van der Waals surface area contributed by atoms with Crippen LogP contribution < -0.4 is 0 Å². The molecule has 21 heavy (non-hydrogen) atoms. The Kier molecular flexibility index (Phi) is 3.48. The van der Waals surface area contributed by atoms with Gasteiger partial charge in [-0.1, -0.05) is 30.3 Å². The number of carbonyl (C=O) groups is 1. The van der Waals surface area contributed by atoms with Crippen molar-refractivity contribution in [3.63, 3.8) is 0 Å². The van der Waals surface area contributed by atoms with Gasteiger partial charge in [0.15, 0.2) is 0 Å². The molecule has 0 radical (unpaired) electrons. The van der Waals surface area contributed by atoms with Gasteiger partial charge >= 0.3 is 0 Å². The molecule has 0 saturated carbocycles. The molecule has 102 valence electrons. The van der Waals surface area contributed by atoms with Crippen LogP contribution in [0.3, 0.4) is 0 Å². The largest absolute Gasteiger partial charge is 0.508 e. The van der Waals surface area contributed by atoms with Crippen molar-refractivity contribution in [2.75, 3.05) is 0 Å². The van der Waals surface area contributed by atoms with Crippen LogP contribution in [0.2, 0.25) is 0 Å². The van der Waals surface area contributed by atoms with Crippen molar-refractivity contribution in [2.24, 2.45) is 0 Å². The Balaban J connectivity index is 1.99. The molecule has 0 unspecified atom stereocenters. The molecule has 0 aliphatic carbocycles. The molecular formula is C18H13NO2. The predicted molar refractivity (Wildman–Crippen MR) is 82.2 cm³/mol. The average molecular weight is 275 g/mol. The van der Waals surface area contributed by atoms with Crippen molar-refractivity contribution in [1.29, 1.82) is 0 Å². The minimum atomic E-state index is 0.236. The zero-order valence-corrected chi connectivity index (χ0v) is 11.2. The zero-order chi connectivity index (χ0) is 14.7. The van der Waals surface area contributed by atoms with Crippen LogP contribution in [0.1, 0.15) is 10.4 Å². The van der Waals surface area contributed by atoms with Crippen LogP contribution in [0.15, 0.2) is 66.7 Å². The van der Waals surface area contributed by atoms with Crippen molar-refractivity contribution in [2.45, 2.75) is 0 Å². The summed E-state index contributed by atoms with van der Waals surface area (Å²) >= 11 is 0. The molecule has 2 aromatic carbocycles. The Bertz CT molecular complexity index is 762. The molecule has 3 heteroatoms. The number of nitrogens with zero attached hydrogens (tertiary/aromatic N) is 1. The molecular weight excluding hydrogens is 262 g/mol. The lowest BCUT2D eigenvalue weighted by Gasteiger charge is -2.05. The maximum atomic E-state index is 10.7. The first kappa shape index (κ1) is 13.1. The smallest absolute Gasteiger partial charge is 0.150 e. The molecule has 3 aromatic rings. The third kappa shape index (κ3) is 2.82. The van der Waals surface area contributed by atoms with Gasteiger partial charge in [-0.15, -0.1) is 0 Å². The van der Waals surface area contributed by atoms with Gasteiger partial charge in [0, 0.05) is 16.7 Å². The first-order chi connectivity index (χ1) is 10.3. The number of benzene rings is 2. The fraction of sp³-hybridized carbons (Fsp3) is 0. The minimum Gasteiger partial charge on any atom is -0.508 e. The second-order valence-electron chi connectivity index (χ2n) is 4.69. The second kappa shape index (κ2) is 5.59. The van der Waals surface area contributed by atoms with Crippen LogP contribution in [-0.2, 0) is 0 Å². The van der Waals surface area contributed by atoms with E-state index in [0.717, 1.165) is 28.8 Å². The topological polar surface area (TPSA) is 50.2 Å². The first-order valence-corrected chi connectivity index (χ1v) is 6.58. The van der Waals surface area contributed by atoms with E-state index in [2.05, 4.69) is 4.98 Å². The van der Waals surface area contributed by atoms with Gasteiger partial charge in [-0.25, -0.2) is 4.98 Å². The van der Waals surface area contributed by atoms with E-state index in [1.54, 1.807) is 24.3 Å². The Hall–Kier alpha value is -2.94. The van der Waals surface area contributed by atoms with E-state index in [0.29, 0.717) is 5.56 Å². The molecule has 3 rings (SSSR count). The normalized spacial score (nSPS) is 10.3. The molecule has 1 heterocycles. The Morgan fingerprint density at radius 3 is 1.81 bits per heavy atom. The highest BCUT2D eigenvalue weighted by atomic mass is 16.3. The van der Waals surface area contributed by atoms with E-state index in [1.165, 1.54) is 0 Å². The maximum Gasteiger partial charge on any atom is 0.150 e. The molecule has 0 bridgehead atoms. The fourth-order valence-corrected chi connectivity index (χ4v) is 2.12. The van der Waals surface area contributed by atoms with Gasteiger partial charge in [-0.2, -0.15) is 0 Å². The zero-order valence-electron chi connectivity index (χ0n) is 11.2. The lowest BCUT2D eigenvalue weighted by molar-refractivity contribution is 0.112. The van der Waals surface area contributed by atoms with E-state index in [-0.39, 0.29) is 5.75 Å². The number of phenols is 1. The predicted octanol–water partition coefficient (Wildman–Crippen LogP) is 3.93. The summed E-state index contributed by atoms with van der Waals surface area (Å²) in [4.78, 5) is 15.3. The van der Waals surface area contributed by atoms with Crippen LogP contribution in [0.5, 0.6) is 5.75 Å². The number of rotatable bonds is 3. The van der Waals surface area contributed by atoms with Crippen molar-refractivity contribution in [1.82, 2.24) is 4.98 Å². The van der Waals surface area contributed by atoms with Gasteiger partial charge in [0.25, 0.3) is 0 Å². The number of carbonyl (C=O) groups excluding carboxylic acids is 1. The summed E-state index contributed by atoms with van der Waals surface area (Å²) in [7, 11) is 0. The number of aromatic hydroxyl groups is 1. The number of aromatic nitrogens is 1. The van der Waals surface area contributed by atoms with Crippen molar-refractivity contribution in [3.05, 3.63) is 72.3 Å². The minimum absolute atomic E-state index is 0.236. The number of phenolic OH excluding ortho intramolecular Hbond substituents is 1. The quantitative estimate of drug-likeness (QED) is 0.737. The molecule has 0 atom stereocenters. The van der Waals surface area contributed by atoms with Gasteiger partial charge in [0.05, 0.1) is 11.4 Å².